The number of aromatic nitrogens is 4. The molecule has 0 amide bonds. The molecule has 0 radical (unpaired) electrons. The number of benzene rings is 1. The van der Waals surface area contributed by atoms with Crippen LogP contribution < -0.4 is 10.3 Å². The van der Waals surface area contributed by atoms with Crippen molar-refractivity contribution in [3.63, 3.8) is 0 Å². The van der Waals surface area contributed by atoms with Crippen molar-refractivity contribution in [1.82, 2.24) is 18.9 Å². The number of imidazole rings is 1. The Bertz CT molecular complexity index is 1150. The van der Waals surface area contributed by atoms with E-state index in [1.54, 1.807) is 35.5 Å². The van der Waals surface area contributed by atoms with Gasteiger partial charge in [-0.15, -0.1) is 0 Å². The summed E-state index contributed by atoms with van der Waals surface area (Å²) in [7, 11) is 1.65. The smallest absolute Gasteiger partial charge is 0.258 e. The van der Waals surface area contributed by atoms with Gasteiger partial charge in [-0.1, -0.05) is 17.8 Å². The van der Waals surface area contributed by atoms with E-state index in [1.165, 1.54) is 0 Å². The number of methoxy groups -OCH3 is 1. The number of nitrogens with zero attached hydrogens (tertiary/aromatic N) is 4. The van der Waals surface area contributed by atoms with Crippen LogP contribution in [0.15, 0.2) is 70.9 Å². The topological polar surface area (TPSA) is 61.4 Å². The van der Waals surface area contributed by atoms with Crippen molar-refractivity contribution in [2.24, 2.45) is 0 Å². The van der Waals surface area contributed by atoms with E-state index in [2.05, 4.69) is 9.97 Å². The van der Waals surface area contributed by atoms with E-state index >= 15 is 0 Å². The Morgan fingerprint density at radius 3 is 2.74 bits per heavy atom. The molecular weight excluding hydrogens is 360 g/mol. The van der Waals surface area contributed by atoms with Crippen LogP contribution in [0.4, 0.5) is 0 Å². The molecule has 3 heterocycles. The van der Waals surface area contributed by atoms with Crippen LogP contribution in [0.5, 0.6) is 5.75 Å². The normalized spacial score (nSPS) is 11.0. The summed E-state index contributed by atoms with van der Waals surface area (Å²) >= 11 is 1.54. The van der Waals surface area contributed by atoms with Crippen LogP contribution >= 0.6 is 11.8 Å². The molecule has 0 saturated carbocycles. The Morgan fingerprint density at radius 2 is 1.96 bits per heavy atom. The second kappa shape index (κ2) is 7.28. The van der Waals surface area contributed by atoms with Gasteiger partial charge >= 0.3 is 0 Å². The van der Waals surface area contributed by atoms with Gasteiger partial charge in [0.05, 0.1) is 12.8 Å². The summed E-state index contributed by atoms with van der Waals surface area (Å²) in [6.45, 7) is 1.90. The number of hydrogen-bond acceptors (Lipinski definition) is 5. The molecule has 3 aromatic heterocycles. The van der Waals surface area contributed by atoms with Gasteiger partial charge in [0.1, 0.15) is 11.4 Å². The molecular formula is C20H18N4O2S. The molecule has 0 aliphatic carbocycles. The minimum Gasteiger partial charge on any atom is -0.497 e. The Morgan fingerprint density at radius 1 is 1.15 bits per heavy atom. The number of rotatable bonds is 5. The van der Waals surface area contributed by atoms with Gasteiger partial charge < -0.3 is 4.74 Å². The first kappa shape index (κ1) is 17.4. The summed E-state index contributed by atoms with van der Waals surface area (Å²) in [6.07, 6.45) is 3.68. The van der Waals surface area contributed by atoms with Crippen molar-refractivity contribution in [3.05, 3.63) is 82.7 Å². The number of pyridine rings is 1. The Hall–Kier alpha value is -3.06. The van der Waals surface area contributed by atoms with Crippen LogP contribution in [0.1, 0.15) is 11.4 Å². The predicted octanol–water partition coefficient (Wildman–Crippen LogP) is 3.49. The number of ether oxygens (including phenoxy) is 1. The van der Waals surface area contributed by atoms with Crippen LogP contribution in [-0.4, -0.2) is 26.0 Å². The summed E-state index contributed by atoms with van der Waals surface area (Å²) in [4.78, 5) is 21.5. The monoisotopic (exact) mass is 378 g/mol. The molecule has 0 saturated heterocycles. The molecule has 0 fully saturated rings. The second-order valence-electron chi connectivity index (χ2n) is 6.01. The van der Waals surface area contributed by atoms with E-state index in [1.807, 2.05) is 60.2 Å². The molecule has 7 heteroatoms. The Balaban J connectivity index is 1.59. The average molecular weight is 378 g/mol. The van der Waals surface area contributed by atoms with Gasteiger partial charge in [-0.2, -0.15) is 0 Å². The average Bonchev–Trinajstić information content (AvgIpc) is 3.15. The molecule has 0 aliphatic rings. The standard InChI is InChI=1S/C20H18N4O2S/c1-14-4-3-5-18-22-15(12-19(25)24(14)18)13-27-20-21-10-11-23(20)16-6-8-17(26-2)9-7-16/h3-12H,13H2,1-2H3. The third-order valence-electron chi connectivity index (χ3n) is 4.24. The van der Waals surface area contributed by atoms with Gasteiger partial charge in [0.2, 0.25) is 0 Å². The lowest BCUT2D eigenvalue weighted by molar-refractivity contribution is 0.414. The highest BCUT2D eigenvalue weighted by molar-refractivity contribution is 7.98. The fourth-order valence-electron chi connectivity index (χ4n) is 2.91. The summed E-state index contributed by atoms with van der Waals surface area (Å²) in [5, 5.41) is 0.839. The van der Waals surface area contributed by atoms with E-state index in [9.17, 15) is 4.79 Å². The lowest BCUT2D eigenvalue weighted by Crippen LogP contribution is -2.17. The molecule has 1 aromatic carbocycles. The molecule has 27 heavy (non-hydrogen) atoms. The molecule has 136 valence electrons. The first-order chi connectivity index (χ1) is 13.2. The van der Waals surface area contributed by atoms with Gasteiger partial charge in [-0.25, -0.2) is 9.97 Å². The molecule has 4 aromatic rings. The van der Waals surface area contributed by atoms with Crippen molar-refractivity contribution in [1.29, 1.82) is 0 Å². The van der Waals surface area contributed by atoms with E-state index < -0.39 is 0 Å². The van der Waals surface area contributed by atoms with Gasteiger partial charge in [-0.3, -0.25) is 13.8 Å². The lowest BCUT2D eigenvalue weighted by Gasteiger charge is -2.09. The van der Waals surface area contributed by atoms with Crippen molar-refractivity contribution in [2.75, 3.05) is 7.11 Å². The first-order valence-electron chi connectivity index (χ1n) is 8.44. The fraction of sp³-hybridized carbons (Fsp3) is 0.150. The summed E-state index contributed by atoms with van der Waals surface area (Å²) in [5.41, 5.74) is 3.21. The van der Waals surface area contributed by atoms with Gasteiger partial charge in [0.15, 0.2) is 5.16 Å². The first-order valence-corrected chi connectivity index (χ1v) is 9.43. The fourth-order valence-corrected chi connectivity index (χ4v) is 3.78. The predicted molar refractivity (Wildman–Crippen MR) is 106 cm³/mol. The molecule has 6 nitrogen and oxygen atoms in total. The maximum atomic E-state index is 12.4. The van der Waals surface area contributed by atoms with Crippen LogP contribution in [0, 0.1) is 6.92 Å². The van der Waals surface area contributed by atoms with Crippen molar-refractivity contribution in [2.45, 2.75) is 17.8 Å². The molecule has 4 rings (SSSR count). The van der Waals surface area contributed by atoms with Gasteiger partial charge in [0, 0.05) is 35.6 Å². The maximum absolute atomic E-state index is 12.4. The zero-order valence-corrected chi connectivity index (χ0v) is 15.8. The molecule has 0 aliphatic heterocycles. The molecule has 0 atom stereocenters. The molecule has 0 N–H and O–H groups in total. The highest BCUT2D eigenvalue weighted by atomic mass is 32.2. The Labute approximate surface area is 160 Å². The summed E-state index contributed by atoms with van der Waals surface area (Å²) in [5.74, 6) is 1.37. The van der Waals surface area contributed by atoms with Crippen molar-refractivity contribution >= 4 is 17.4 Å². The lowest BCUT2D eigenvalue weighted by atomic mass is 10.3. The molecule has 0 unspecified atom stereocenters. The SMILES string of the molecule is COc1ccc(-n2ccnc2SCc2cc(=O)n3c(C)cccc3n2)cc1. The van der Waals surface area contributed by atoms with E-state index in [-0.39, 0.29) is 5.56 Å². The Kier molecular flexibility index (Phi) is 4.68. The largest absolute Gasteiger partial charge is 0.497 e. The van der Waals surface area contributed by atoms with Crippen molar-refractivity contribution < 1.29 is 4.74 Å². The maximum Gasteiger partial charge on any atom is 0.258 e. The van der Waals surface area contributed by atoms with Gasteiger partial charge in [-0.05, 0) is 43.3 Å². The van der Waals surface area contributed by atoms with E-state index in [4.69, 9.17) is 4.74 Å². The third kappa shape index (κ3) is 3.46. The van der Waals surface area contributed by atoms with Crippen LogP contribution in [-0.2, 0) is 5.75 Å². The number of hydrogen-bond donors (Lipinski definition) is 0. The molecule has 0 bridgehead atoms. The number of fused-ring (bicyclic) bond motifs is 1. The van der Waals surface area contributed by atoms with Crippen LogP contribution in [0.2, 0.25) is 0 Å². The zero-order chi connectivity index (χ0) is 18.8. The summed E-state index contributed by atoms with van der Waals surface area (Å²) < 4.78 is 8.83. The number of thioether (sulfide) groups is 1. The highest BCUT2D eigenvalue weighted by Crippen LogP contribution is 2.24. The van der Waals surface area contributed by atoms with Crippen LogP contribution in [0.25, 0.3) is 11.3 Å². The third-order valence-corrected chi connectivity index (χ3v) is 5.24. The second-order valence-corrected chi connectivity index (χ2v) is 6.96. The van der Waals surface area contributed by atoms with Gasteiger partial charge in [0.25, 0.3) is 5.56 Å². The van der Waals surface area contributed by atoms with Crippen LogP contribution in [0.3, 0.4) is 0 Å². The minimum atomic E-state index is -0.0628. The van der Waals surface area contributed by atoms with E-state index in [0.29, 0.717) is 11.4 Å². The van der Waals surface area contributed by atoms with E-state index in [0.717, 1.165) is 28.0 Å². The summed E-state index contributed by atoms with van der Waals surface area (Å²) in [6, 6.07) is 15.0. The molecule has 0 spiro atoms. The minimum absolute atomic E-state index is 0.0628. The number of aryl methyl sites for hydroxylation is 1. The zero-order valence-electron chi connectivity index (χ0n) is 15.0. The van der Waals surface area contributed by atoms with Crippen molar-refractivity contribution in [3.8, 4) is 11.4 Å². The highest BCUT2D eigenvalue weighted by Gasteiger charge is 2.09. The quantitative estimate of drug-likeness (QED) is 0.498.